The molecule has 0 spiro atoms. The van der Waals surface area contributed by atoms with Gasteiger partial charge >= 0.3 is 6.03 Å². The first-order valence-electron chi connectivity index (χ1n) is 12.2. The fraction of sp³-hybridized carbons (Fsp3) is 0.276. The van der Waals surface area contributed by atoms with Gasteiger partial charge in [-0.05, 0) is 49.1 Å². The fourth-order valence-electron chi connectivity index (χ4n) is 4.18. The van der Waals surface area contributed by atoms with Crippen molar-refractivity contribution >= 4 is 22.6 Å². The number of benzene rings is 3. The Kier molecular flexibility index (Phi) is 7.78. The summed E-state index contributed by atoms with van der Waals surface area (Å²) in [5.41, 5.74) is 1.48. The number of rotatable bonds is 8. The highest BCUT2D eigenvalue weighted by molar-refractivity contribution is 5.89. The number of nitrogens with zero attached hydrogens (tertiary/aromatic N) is 3. The molecule has 3 aromatic carbocycles. The highest BCUT2D eigenvalue weighted by atomic mass is 19.1. The monoisotopic (exact) mass is 486 g/mol. The average Bonchev–Trinajstić information content (AvgIpc) is 2.87. The quantitative estimate of drug-likeness (QED) is 0.321. The largest absolute Gasteiger partial charge is 0.322 e. The van der Waals surface area contributed by atoms with Gasteiger partial charge in [0.05, 0.1) is 29.2 Å². The number of aromatic nitrogens is 2. The number of urea groups is 1. The lowest BCUT2D eigenvalue weighted by Crippen LogP contribution is -2.41. The van der Waals surface area contributed by atoms with Crippen LogP contribution in [0.2, 0.25) is 0 Å². The van der Waals surface area contributed by atoms with E-state index in [9.17, 15) is 14.0 Å². The van der Waals surface area contributed by atoms with Crippen LogP contribution >= 0.6 is 0 Å². The van der Waals surface area contributed by atoms with E-state index in [2.05, 4.69) is 19.2 Å². The first-order valence-corrected chi connectivity index (χ1v) is 12.2. The second kappa shape index (κ2) is 11.2. The first kappa shape index (κ1) is 25.1. The second-order valence-electron chi connectivity index (χ2n) is 9.33. The van der Waals surface area contributed by atoms with E-state index in [-0.39, 0.29) is 11.2 Å². The van der Waals surface area contributed by atoms with Gasteiger partial charge in [-0.1, -0.05) is 68.4 Å². The smallest absolute Gasteiger partial charge is 0.315 e. The van der Waals surface area contributed by atoms with Crippen LogP contribution in [-0.2, 0) is 6.54 Å². The van der Waals surface area contributed by atoms with Gasteiger partial charge in [-0.25, -0.2) is 14.2 Å². The number of halogens is 1. The van der Waals surface area contributed by atoms with Crippen LogP contribution in [0, 0.1) is 11.7 Å². The van der Waals surface area contributed by atoms with Crippen LogP contribution in [0.1, 0.15) is 44.6 Å². The van der Waals surface area contributed by atoms with Crippen LogP contribution < -0.4 is 10.9 Å². The molecule has 2 amide bonds. The third kappa shape index (κ3) is 5.62. The molecule has 1 heterocycles. The van der Waals surface area contributed by atoms with Crippen molar-refractivity contribution < 1.29 is 9.18 Å². The molecule has 0 saturated heterocycles. The molecular formula is C29H31FN4O2. The van der Waals surface area contributed by atoms with Crippen molar-refractivity contribution in [2.75, 3.05) is 11.9 Å². The predicted octanol–water partition coefficient (Wildman–Crippen LogP) is 6.23. The Morgan fingerprint density at radius 2 is 1.64 bits per heavy atom. The minimum Gasteiger partial charge on any atom is -0.315 e. The summed E-state index contributed by atoms with van der Waals surface area (Å²) < 4.78 is 15.9. The van der Waals surface area contributed by atoms with Crippen molar-refractivity contribution in [3.8, 4) is 0 Å². The second-order valence-corrected chi connectivity index (χ2v) is 9.33. The van der Waals surface area contributed by atoms with Crippen LogP contribution in [0.25, 0.3) is 10.9 Å². The molecule has 1 aromatic heterocycles. The van der Waals surface area contributed by atoms with Gasteiger partial charge in [-0.2, -0.15) is 0 Å². The molecule has 7 heteroatoms. The molecule has 0 radical (unpaired) electrons. The van der Waals surface area contributed by atoms with Gasteiger partial charge < -0.3 is 10.2 Å². The Morgan fingerprint density at radius 1 is 0.972 bits per heavy atom. The molecule has 4 rings (SSSR count). The number of hydrogen-bond donors (Lipinski definition) is 1. The van der Waals surface area contributed by atoms with Crippen LogP contribution in [0.3, 0.4) is 0 Å². The van der Waals surface area contributed by atoms with E-state index in [0.29, 0.717) is 35.7 Å². The molecule has 6 nitrogen and oxygen atoms in total. The zero-order chi connectivity index (χ0) is 25.7. The van der Waals surface area contributed by atoms with E-state index in [1.807, 2.05) is 49.4 Å². The first-order chi connectivity index (χ1) is 17.3. The maximum absolute atomic E-state index is 14.3. The number of carbonyl (C=O) groups is 1. The molecule has 186 valence electrons. The van der Waals surface area contributed by atoms with E-state index in [4.69, 9.17) is 4.98 Å². The van der Waals surface area contributed by atoms with Crippen molar-refractivity contribution in [3.05, 3.63) is 106 Å². The van der Waals surface area contributed by atoms with Crippen LogP contribution in [-0.4, -0.2) is 27.0 Å². The normalized spacial score (nSPS) is 12.0. The maximum Gasteiger partial charge on any atom is 0.322 e. The molecule has 1 N–H and O–H groups in total. The van der Waals surface area contributed by atoms with Gasteiger partial charge in [-0.15, -0.1) is 0 Å². The molecule has 36 heavy (non-hydrogen) atoms. The van der Waals surface area contributed by atoms with Gasteiger partial charge in [0.2, 0.25) is 0 Å². The average molecular weight is 487 g/mol. The number of fused-ring (bicyclic) bond motifs is 1. The van der Waals surface area contributed by atoms with E-state index < -0.39 is 17.9 Å². The van der Waals surface area contributed by atoms with Crippen LogP contribution in [0.5, 0.6) is 0 Å². The van der Waals surface area contributed by atoms with E-state index in [0.717, 1.165) is 12.0 Å². The molecule has 0 bridgehead atoms. The molecule has 0 aliphatic heterocycles. The summed E-state index contributed by atoms with van der Waals surface area (Å²) in [5.74, 6) is 0.319. The van der Waals surface area contributed by atoms with Crippen LogP contribution in [0.15, 0.2) is 83.7 Å². The summed E-state index contributed by atoms with van der Waals surface area (Å²) in [6.07, 6.45) is 0.742. The minimum atomic E-state index is -0.545. The summed E-state index contributed by atoms with van der Waals surface area (Å²) in [6.45, 7) is 6.77. The molecule has 4 aromatic rings. The fourth-order valence-corrected chi connectivity index (χ4v) is 4.18. The number of hydrogen-bond acceptors (Lipinski definition) is 3. The standard InChI is InChI=1S/C29H31FN4O2/c1-20(2)17-18-33(29(36)32-26-16-10-8-14-24(26)30)21(3)27-31-25-15-9-7-13-23(25)28(35)34(27)19-22-11-5-4-6-12-22/h4-16,20-21H,17-19H2,1-3H3,(H,32,36). The molecule has 0 saturated carbocycles. The summed E-state index contributed by atoms with van der Waals surface area (Å²) in [7, 11) is 0. The van der Waals surface area contributed by atoms with E-state index >= 15 is 0 Å². The zero-order valence-corrected chi connectivity index (χ0v) is 20.8. The number of para-hydroxylation sites is 2. The Hall–Kier alpha value is -4.00. The van der Waals surface area contributed by atoms with E-state index in [1.165, 1.54) is 12.1 Å². The zero-order valence-electron chi connectivity index (χ0n) is 20.8. The molecule has 0 aliphatic rings. The van der Waals surface area contributed by atoms with Crippen molar-refractivity contribution in [2.45, 2.75) is 39.8 Å². The number of nitrogens with one attached hydrogen (secondary N) is 1. The van der Waals surface area contributed by atoms with Crippen LogP contribution in [0.4, 0.5) is 14.9 Å². The molecule has 0 fully saturated rings. The van der Waals surface area contributed by atoms with Crippen molar-refractivity contribution in [2.24, 2.45) is 5.92 Å². The van der Waals surface area contributed by atoms with E-state index in [1.54, 1.807) is 33.7 Å². The summed E-state index contributed by atoms with van der Waals surface area (Å²) in [4.78, 5) is 33.5. The molecule has 1 unspecified atom stereocenters. The lowest BCUT2D eigenvalue weighted by Gasteiger charge is -2.31. The maximum atomic E-state index is 14.3. The van der Waals surface area contributed by atoms with Crippen molar-refractivity contribution in [1.82, 2.24) is 14.5 Å². The van der Waals surface area contributed by atoms with Gasteiger partial charge in [0.15, 0.2) is 0 Å². The highest BCUT2D eigenvalue weighted by Crippen LogP contribution is 2.24. The van der Waals surface area contributed by atoms with Gasteiger partial charge in [-0.3, -0.25) is 9.36 Å². The minimum absolute atomic E-state index is 0.109. The highest BCUT2D eigenvalue weighted by Gasteiger charge is 2.27. The lowest BCUT2D eigenvalue weighted by atomic mass is 10.1. The number of anilines is 1. The third-order valence-electron chi connectivity index (χ3n) is 6.24. The van der Waals surface area contributed by atoms with Crippen molar-refractivity contribution in [3.63, 3.8) is 0 Å². The summed E-state index contributed by atoms with van der Waals surface area (Å²) in [5, 5.41) is 3.22. The lowest BCUT2D eigenvalue weighted by molar-refractivity contribution is 0.184. The Morgan fingerprint density at radius 3 is 2.36 bits per heavy atom. The molecular weight excluding hydrogens is 455 g/mol. The van der Waals surface area contributed by atoms with Crippen molar-refractivity contribution in [1.29, 1.82) is 0 Å². The number of amides is 2. The van der Waals surface area contributed by atoms with Gasteiger partial charge in [0.1, 0.15) is 11.6 Å². The number of carbonyl (C=O) groups excluding carboxylic acids is 1. The van der Waals surface area contributed by atoms with Gasteiger partial charge in [0, 0.05) is 6.54 Å². The summed E-state index contributed by atoms with van der Waals surface area (Å²) >= 11 is 0. The Labute approximate surface area is 210 Å². The molecule has 0 aliphatic carbocycles. The Bertz CT molecular complexity index is 1400. The Balaban J connectivity index is 1.78. The summed E-state index contributed by atoms with van der Waals surface area (Å²) in [6, 6.07) is 22.0. The third-order valence-corrected chi connectivity index (χ3v) is 6.24. The molecule has 1 atom stereocenters. The van der Waals surface area contributed by atoms with Gasteiger partial charge in [0.25, 0.3) is 5.56 Å². The predicted molar refractivity (Wildman–Crippen MR) is 142 cm³/mol. The topological polar surface area (TPSA) is 67.2 Å². The SMILES string of the molecule is CC(C)CCN(C(=O)Nc1ccccc1F)C(C)c1nc2ccccc2c(=O)n1Cc1ccccc1.